The first-order valence-electron chi connectivity index (χ1n) is 8.10. The van der Waals surface area contributed by atoms with E-state index in [4.69, 9.17) is 9.84 Å². The molecule has 25 heavy (non-hydrogen) atoms. The summed E-state index contributed by atoms with van der Waals surface area (Å²) in [6, 6.07) is 7.08. The summed E-state index contributed by atoms with van der Waals surface area (Å²) in [5.74, 6) is -0.675. The highest BCUT2D eigenvalue weighted by atomic mass is 16.5. The number of amides is 1. The number of nitrogens with zero attached hydrogens (tertiary/aromatic N) is 4. The van der Waals surface area contributed by atoms with E-state index in [1.807, 2.05) is 0 Å². The van der Waals surface area contributed by atoms with E-state index in [1.54, 1.807) is 24.3 Å². The average molecular weight is 345 g/mol. The van der Waals surface area contributed by atoms with Crippen LogP contribution in [0.2, 0.25) is 0 Å². The molecule has 0 saturated heterocycles. The molecule has 1 heterocycles. The minimum absolute atomic E-state index is 0.0221. The van der Waals surface area contributed by atoms with Gasteiger partial charge in [0, 0.05) is 6.04 Å². The fourth-order valence-corrected chi connectivity index (χ4v) is 2.88. The van der Waals surface area contributed by atoms with Gasteiger partial charge in [-0.3, -0.25) is 9.59 Å². The molecule has 1 fully saturated rings. The minimum atomic E-state index is -0.752. The Morgan fingerprint density at radius 3 is 2.52 bits per heavy atom. The van der Waals surface area contributed by atoms with Crippen LogP contribution in [0.1, 0.15) is 25.7 Å². The first kappa shape index (κ1) is 16.9. The fraction of sp³-hybridized carbons (Fsp3) is 0.438. The third kappa shape index (κ3) is 4.52. The summed E-state index contributed by atoms with van der Waals surface area (Å²) in [5.41, 5.74) is 0.789. The van der Waals surface area contributed by atoms with Gasteiger partial charge in [-0.15, -0.1) is 5.10 Å². The lowest BCUT2D eigenvalue weighted by atomic mass is 9.86. The maximum absolute atomic E-state index is 12.0. The molecule has 1 aromatic carbocycles. The SMILES string of the molecule is O=C(COc1ccc(-n2cnnn2)cc1)NC1CCC(C(=O)O)CC1. The van der Waals surface area contributed by atoms with E-state index in [1.165, 1.54) is 11.0 Å². The lowest BCUT2D eigenvalue weighted by molar-refractivity contribution is -0.142. The fourth-order valence-electron chi connectivity index (χ4n) is 2.88. The Hall–Kier alpha value is -2.97. The Morgan fingerprint density at radius 1 is 1.20 bits per heavy atom. The van der Waals surface area contributed by atoms with Gasteiger partial charge < -0.3 is 15.2 Å². The number of rotatable bonds is 6. The normalized spacial score (nSPS) is 20.0. The van der Waals surface area contributed by atoms with Gasteiger partial charge in [-0.25, -0.2) is 4.68 Å². The highest BCUT2D eigenvalue weighted by molar-refractivity contribution is 5.78. The van der Waals surface area contributed by atoms with Gasteiger partial charge in [-0.2, -0.15) is 0 Å². The standard InChI is InChI=1S/C16H19N5O4/c22-15(18-12-3-1-11(2-4-12)16(23)24)9-25-14-7-5-13(6-8-14)21-10-17-19-20-21/h5-8,10-12H,1-4,9H2,(H,18,22)(H,23,24). The van der Waals surface area contributed by atoms with Gasteiger partial charge in [0.2, 0.25) is 0 Å². The molecule has 2 aromatic rings. The molecule has 9 nitrogen and oxygen atoms in total. The molecule has 0 unspecified atom stereocenters. The molecule has 1 saturated carbocycles. The first-order chi connectivity index (χ1) is 12.1. The molecular weight excluding hydrogens is 326 g/mol. The molecule has 2 N–H and O–H groups in total. The number of ether oxygens (including phenoxy) is 1. The van der Waals surface area contributed by atoms with Crippen molar-refractivity contribution in [2.45, 2.75) is 31.7 Å². The number of nitrogens with one attached hydrogen (secondary N) is 1. The van der Waals surface area contributed by atoms with Gasteiger partial charge >= 0.3 is 5.97 Å². The maximum Gasteiger partial charge on any atom is 0.306 e. The van der Waals surface area contributed by atoms with E-state index < -0.39 is 5.97 Å². The number of benzene rings is 1. The van der Waals surface area contributed by atoms with Gasteiger partial charge in [-0.05, 0) is 60.4 Å². The zero-order chi connectivity index (χ0) is 17.6. The quantitative estimate of drug-likeness (QED) is 0.794. The van der Waals surface area contributed by atoms with Gasteiger partial charge in [0.25, 0.3) is 5.91 Å². The van der Waals surface area contributed by atoms with Crippen LogP contribution in [0.15, 0.2) is 30.6 Å². The van der Waals surface area contributed by atoms with Crippen LogP contribution in [0.3, 0.4) is 0 Å². The molecule has 1 aliphatic rings. The summed E-state index contributed by atoms with van der Waals surface area (Å²) in [7, 11) is 0. The molecule has 9 heteroatoms. The topological polar surface area (TPSA) is 119 Å². The van der Waals surface area contributed by atoms with Crippen molar-refractivity contribution in [3.05, 3.63) is 30.6 Å². The number of carboxylic acid groups (broad SMARTS) is 1. The van der Waals surface area contributed by atoms with E-state index in [2.05, 4.69) is 20.8 Å². The van der Waals surface area contributed by atoms with Crippen molar-refractivity contribution in [3.63, 3.8) is 0 Å². The van der Waals surface area contributed by atoms with Crippen LogP contribution >= 0.6 is 0 Å². The molecule has 0 atom stereocenters. The number of carboxylic acids is 1. The van der Waals surface area contributed by atoms with E-state index >= 15 is 0 Å². The zero-order valence-electron chi connectivity index (χ0n) is 13.5. The number of aliphatic carboxylic acids is 1. The predicted molar refractivity (Wildman–Crippen MR) is 86.2 cm³/mol. The number of hydrogen-bond donors (Lipinski definition) is 2. The second-order valence-corrected chi connectivity index (χ2v) is 5.99. The van der Waals surface area contributed by atoms with Crippen LogP contribution in [-0.4, -0.2) is 49.8 Å². The second kappa shape index (κ2) is 7.73. The molecule has 1 aliphatic carbocycles. The summed E-state index contributed by atoms with van der Waals surface area (Å²) in [6.07, 6.45) is 4.05. The van der Waals surface area contributed by atoms with Crippen molar-refractivity contribution in [2.24, 2.45) is 5.92 Å². The summed E-state index contributed by atoms with van der Waals surface area (Å²) in [4.78, 5) is 22.9. The van der Waals surface area contributed by atoms with Crippen LogP contribution in [0.5, 0.6) is 5.75 Å². The van der Waals surface area contributed by atoms with E-state index in [0.717, 1.165) is 5.69 Å². The second-order valence-electron chi connectivity index (χ2n) is 5.99. The summed E-state index contributed by atoms with van der Waals surface area (Å²) in [6.45, 7) is -0.0803. The van der Waals surface area contributed by atoms with Crippen LogP contribution in [0.4, 0.5) is 0 Å². The summed E-state index contributed by atoms with van der Waals surface area (Å²) >= 11 is 0. The minimum Gasteiger partial charge on any atom is -0.484 e. The lowest BCUT2D eigenvalue weighted by Crippen LogP contribution is -2.40. The molecule has 132 valence electrons. The summed E-state index contributed by atoms with van der Waals surface area (Å²) < 4.78 is 6.99. The Labute approximate surface area is 144 Å². The van der Waals surface area contributed by atoms with Crippen LogP contribution < -0.4 is 10.1 Å². The third-order valence-corrected chi connectivity index (χ3v) is 4.26. The van der Waals surface area contributed by atoms with E-state index in [9.17, 15) is 9.59 Å². The molecule has 0 radical (unpaired) electrons. The molecule has 0 aliphatic heterocycles. The number of carbonyl (C=O) groups excluding carboxylic acids is 1. The number of aromatic nitrogens is 4. The molecular formula is C16H19N5O4. The molecule has 0 spiro atoms. The van der Waals surface area contributed by atoms with Crippen LogP contribution in [-0.2, 0) is 9.59 Å². The molecule has 3 rings (SSSR count). The van der Waals surface area contributed by atoms with Gasteiger partial charge in [-0.1, -0.05) is 0 Å². The Bertz CT molecular complexity index is 709. The van der Waals surface area contributed by atoms with Crippen molar-refractivity contribution in [1.82, 2.24) is 25.5 Å². The van der Waals surface area contributed by atoms with Crippen molar-refractivity contribution in [1.29, 1.82) is 0 Å². The predicted octanol–water partition coefficient (Wildman–Crippen LogP) is 0.801. The van der Waals surface area contributed by atoms with E-state index in [-0.39, 0.29) is 24.5 Å². The number of hydrogen-bond acceptors (Lipinski definition) is 6. The summed E-state index contributed by atoms with van der Waals surface area (Å²) in [5, 5.41) is 22.8. The third-order valence-electron chi connectivity index (χ3n) is 4.26. The van der Waals surface area contributed by atoms with Crippen molar-refractivity contribution in [2.75, 3.05) is 6.61 Å². The van der Waals surface area contributed by atoms with E-state index in [0.29, 0.717) is 31.4 Å². The van der Waals surface area contributed by atoms with Crippen molar-refractivity contribution in [3.8, 4) is 11.4 Å². The highest BCUT2D eigenvalue weighted by Crippen LogP contribution is 2.24. The Morgan fingerprint density at radius 2 is 1.92 bits per heavy atom. The van der Waals surface area contributed by atoms with Crippen LogP contribution in [0.25, 0.3) is 5.69 Å². The van der Waals surface area contributed by atoms with Gasteiger partial charge in [0.1, 0.15) is 12.1 Å². The van der Waals surface area contributed by atoms with Gasteiger partial charge in [0.15, 0.2) is 6.61 Å². The maximum atomic E-state index is 12.0. The molecule has 1 amide bonds. The average Bonchev–Trinajstić information content (AvgIpc) is 3.15. The highest BCUT2D eigenvalue weighted by Gasteiger charge is 2.26. The largest absolute Gasteiger partial charge is 0.484 e. The molecule has 0 bridgehead atoms. The Kier molecular flexibility index (Phi) is 5.22. The monoisotopic (exact) mass is 345 g/mol. The number of carbonyl (C=O) groups is 2. The molecule has 1 aromatic heterocycles. The van der Waals surface area contributed by atoms with Crippen molar-refractivity contribution < 1.29 is 19.4 Å². The Balaban J connectivity index is 1.43. The number of tetrazole rings is 1. The zero-order valence-corrected chi connectivity index (χ0v) is 13.5. The van der Waals surface area contributed by atoms with Crippen molar-refractivity contribution >= 4 is 11.9 Å². The smallest absolute Gasteiger partial charge is 0.306 e. The first-order valence-corrected chi connectivity index (χ1v) is 8.10. The van der Waals surface area contributed by atoms with Crippen LogP contribution in [0, 0.1) is 5.92 Å². The van der Waals surface area contributed by atoms with Gasteiger partial charge in [0.05, 0.1) is 11.6 Å². The lowest BCUT2D eigenvalue weighted by Gasteiger charge is -2.26.